The van der Waals surface area contributed by atoms with Crippen molar-refractivity contribution in [2.45, 2.75) is 20.0 Å². The highest BCUT2D eigenvalue weighted by Gasteiger charge is 2.39. The van der Waals surface area contributed by atoms with Gasteiger partial charge in [-0.1, -0.05) is 132 Å². The Balaban J connectivity index is 1.38. The zero-order chi connectivity index (χ0) is 39.7. The number of halogens is 3. The number of nitriles is 1. The van der Waals surface area contributed by atoms with E-state index in [-0.39, 0.29) is 11.4 Å². The lowest BCUT2D eigenvalue weighted by molar-refractivity contribution is -0.137. The van der Waals surface area contributed by atoms with Crippen molar-refractivity contribution in [2.24, 2.45) is 0 Å². The van der Waals surface area contributed by atoms with Crippen LogP contribution in [-0.2, 0) is 6.18 Å². The van der Waals surface area contributed by atoms with E-state index in [2.05, 4.69) is 18.2 Å². The minimum Gasteiger partial charge on any atom is -0.309 e. The Labute approximate surface area is 333 Å². The lowest BCUT2D eigenvalue weighted by Gasteiger charge is -2.23. The summed E-state index contributed by atoms with van der Waals surface area (Å²) < 4.78 is 52.9. The third-order valence-electron chi connectivity index (χ3n) is 11.2. The Morgan fingerprint density at radius 1 is 0.414 bits per heavy atom. The molecule has 0 saturated heterocycles. The number of aryl methyl sites for hydroxylation is 2. The first-order chi connectivity index (χ1) is 28.2. The summed E-state index contributed by atoms with van der Waals surface area (Å²) in [7, 11) is 0. The van der Waals surface area contributed by atoms with Gasteiger partial charge in [0, 0.05) is 21.5 Å². The highest BCUT2D eigenvalue weighted by Crippen LogP contribution is 2.47. The van der Waals surface area contributed by atoms with Gasteiger partial charge in [0.2, 0.25) is 0 Å². The Bertz CT molecular complexity index is 3140. The van der Waals surface area contributed by atoms with Crippen molar-refractivity contribution in [3.05, 3.63) is 192 Å². The topological polar surface area (TPSA) is 33.6 Å². The number of rotatable bonds is 5. The lowest BCUT2D eigenvalue weighted by atomic mass is 9.97. The number of alkyl halides is 3. The van der Waals surface area contributed by atoms with E-state index in [1.54, 1.807) is 39.5 Å². The van der Waals surface area contributed by atoms with E-state index < -0.39 is 11.7 Å². The molecule has 0 bridgehead atoms. The summed E-state index contributed by atoms with van der Waals surface area (Å²) in [5.41, 5.74) is 9.39. The van der Waals surface area contributed by atoms with Crippen molar-refractivity contribution in [2.75, 3.05) is 0 Å². The standard InChI is InChI=1S/C52H34F3N3/c1-32-10-7-13-35(24-32)38-20-22-43-41-16-3-5-18-45(41)57(47(43)27-38)49-29-40(37-15-9-12-34(26-37)31-56)30-50(51(49)52(53,54)55)58-46-19-6-4-17-42(46)44-23-21-39(28-48(44)58)36-14-8-11-33(2)25-36/h3-30H,1-2H3. The average molecular weight is 758 g/mol. The number of fused-ring (bicyclic) bond motifs is 6. The summed E-state index contributed by atoms with van der Waals surface area (Å²) in [4.78, 5) is 0. The molecule has 0 N–H and O–H groups in total. The Morgan fingerprint density at radius 2 is 0.845 bits per heavy atom. The molecule has 2 aromatic heterocycles. The molecule has 10 aromatic rings. The quantitative estimate of drug-likeness (QED) is 0.172. The normalized spacial score (nSPS) is 11.9. The van der Waals surface area contributed by atoms with Crippen LogP contribution in [0.15, 0.2) is 170 Å². The number of benzene rings is 8. The maximum absolute atomic E-state index is 16.5. The van der Waals surface area contributed by atoms with Crippen molar-refractivity contribution in [3.63, 3.8) is 0 Å². The molecule has 6 heteroatoms. The van der Waals surface area contributed by atoms with Gasteiger partial charge in [-0.2, -0.15) is 18.4 Å². The zero-order valence-electron chi connectivity index (χ0n) is 31.6. The fraction of sp³-hybridized carbons (Fsp3) is 0.0577. The number of hydrogen-bond acceptors (Lipinski definition) is 1. The Hall–Kier alpha value is -7.36. The van der Waals surface area contributed by atoms with Crippen LogP contribution in [0.25, 0.3) is 88.4 Å². The van der Waals surface area contributed by atoms with Gasteiger partial charge < -0.3 is 9.13 Å². The van der Waals surface area contributed by atoms with Gasteiger partial charge >= 0.3 is 6.18 Å². The van der Waals surface area contributed by atoms with Gasteiger partial charge in [0.25, 0.3) is 0 Å². The number of hydrogen-bond donors (Lipinski definition) is 0. The smallest absolute Gasteiger partial charge is 0.309 e. The van der Waals surface area contributed by atoms with Crippen LogP contribution in [0.4, 0.5) is 13.2 Å². The lowest BCUT2D eigenvalue weighted by Crippen LogP contribution is -2.16. The molecule has 0 fully saturated rings. The molecule has 58 heavy (non-hydrogen) atoms. The van der Waals surface area contributed by atoms with E-state index in [0.717, 1.165) is 54.9 Å². The van der Waals surface area contributed by atoms with Gasteiger partial charge in [-0.25, -0.2) is 0 Å². The van der Waals surface area contributed by atoms with Crippen LogP contribution in [0, 0.1) is 25.2 Å². The Morgan fingerprint density at radius 3 is 1.31 bits per heavy atom. The Kier molecular flexibility index (Phi) is 8.10. The van der Waals surface area contributed by atoms with E-state index in [1.165, 1.54) is 0 Å². The highest BCUT2D eigenvalue weighted by molar-refractivity contribution is 6.12. The molecule has 0 aliphatic rings. The molecule has 278 valence electrons. The fourth-order valence-corrected chi connectivity index (χ4v) is 8.66. The third-order valence-corrected chi connectivity index (χ3v) is 11.2. The third kappa shape index (κ3) is 5.74. The SMILES string of the molecule is Cc1cccc(-c2ccc3c4ccccc4n(-c4cc(-c5cccc(C#N)c5)cc(-n5c6ccccc6c6ccc(-c7cccc(C)c7)cc65)c4C(F)(F)F)c3c2)c1. The zero-order valence-corrected chi connectivity index (χ0v) is 31.6. The summed E-state index contributed by atoms with van der Waals surface area (Å²) >= 11 is 0. The summed E-state index contributed by atoms with van der Waals surface area (Å²) in [6, 6.07) is 56.2. The van der Waals surface area contributed by atoms with Crippen molar-refractivity contribution in [1.29, 1.82) is 5.26 Å². The highest BCUT2D eigenvalue weighted by atomic mass is 19.4. The molecule has 0 atom stereocenters. The van der Waals surface area contributed by atoms with Crippen LogP contribution < -0.4 is 0 Å². The predicted molar refractivity (Wildman–Crippen MR) is 231 cm³/mol. The van der Waals surface area contributed by atoms with E-state index in [4.69, 9.17) is 0 Å². The van der Waals surface area contributed by atoms with E-state index in [1.807, 2.05) is 141 Å². The van der Waals surface area contributed by atoms with Gasteiger partial charge in [0.15, 0.2) is 0 Å². The maximum Gasteiger partial charge on any atom is 0.420 e. The second-order valence-corrected chi connectivity index (χ2v) is 15.0. The second-order valence-electron chi connectivity index (χ2n) is 15.0. The van der Waals surface area contributed by atoms with Crippen LogP contribution >= 0.6 is 0 Å². The van der Waals surface area contributed by atoms with E-state index in [0.29, 0.717) is 38.8 Å². The number of aromatic nitrogens is 2. The molecule has 3 nitrogen and oxygen atoms in total. The minimum absolute atomic E-state index is 0.00396. The van der Waals surface area contributed by atoms with Crippen LogP contribution in [-0.4, -0.2) is 9.13 Å². The van der Waals surface area contributed by atoms with Crippen LogP contribution in [0.1, 0.15) is 22.3 Å². The molecule has 0 saturated carbocycles. The number of para-hydroxylation sites is 2. The van der Waals surface area contributed by atoms with Crippen LogP contribution in [0.2, 0.25) is 0 Å². The monoisotopic (exact) mass is 757 g/mol. The molecule has 0 spiro atoms. The second kappa shape index (κ2) is 13.4. The van der Waals surface area contributed by atoms with Crippen molar-refractivity contribution < 1.29 is 13.2 Å². The van der Waals surface area contributed by atoms with Crippen LogP contribution in [0.3, 0.4) is 0 Å². The van der Waals surface area contributed by atoms with Gasteiger partial charge in [0.05, 0.1) is 45.1 Å². The summed E-state index contributed by atoms with van der Waals surface area (Å²) in [5, 5.41) is 13.3. The van der Waals surface area contributed by atoms with Gasteiger partial charge in [0.1, 0.15) is 5.56 Å². The molecular weight excluding hydrogens is 724 g/mol. The van der Waals surface area contributed by atoms with Gasteiger partial charge in [-0.05, 0) is 95.8 Å². The molecule has 0 radical (unpaired) electrons. The van der Waals surface area contributed by atoms with Gasteiger partial charge in [-0.15, -0.1) is 0 Å². The molecule has 0 aliphatic carbocycles. The van der Waals surface area contributed by atoms with E-state index in [9.17, 15) is 5.26 Å². The largest absolute Gasteiger partial charge is 0.420 e. The molecular formula is C52H34F3N3. The van der Waals surface area contributed by atoms with Crippen LogP contribution in [0.5, 0.6) is 0 Å². The molecule has 10 rings (SSSR count). The summed E-state index contributed by atoms with van der Waals surface area (Å²) in [6.45, 7) is 4.06. The van der Waals surface area contributed by atoms with Crippen molar-refractivity contribution in [1.82, 2.24) is 9.13 Å². The molecule has 0 aliphatic heterocycles. The van der Waals surface area contributed by atoms with Crippen molar-refractivity contribution >= 4 is 43.6 Å². The predicted octanol–water partition coefficient (Wildman–Crippen LogP) is 14.4. The first-order valence-corrected chi connectivity index (χ1v) is 19.1. The molecule has 8 aromatic carbocycles. The molecule has 0 amide bonds. The van der Waals surface area contributed by atoms with Crippen molar-refractivity contribution in [3.8, 4) is 50.8 Å². The average Bonchev–Trinajstić information content (AvgIpc) is 3.75. The fourth-order valence-electron chi connectivity index (χ4n) is 8.66. The minimum atomic E-state index is -4.80. The summed E-state index contributed by atoms with van der Waals surface area (Å²) in [6.07, 6.45) is -4.80. The van der Waals surface area contributed by atoms with Gasteiger partial charge in [-0.3, -0.25) is 0 Å². The molecule has 2 heterocycles. The van der Waals surface area contributed by atoms with E-state index >= 15 is 13.2 Å². The maximum atomic E-state index is 16.5. The first-order valence-electron chi connectivity index (χ1n) is 19.1. The number of nitrogens with zero attached hydrogens (tertiary/aromatic N) is 3. The molecule has 0 unspecified atom stereocenters. The summed E-state index contributed by atoms with van der Waals surface area (Å²) in [5.74, 6) is 0. The first kappa shape index (κ1) is 35.1.